The van der Waals surface area contributed by atoms with Gasteiger partial charge in [-0.3, -0.25) is 9.59 Å². The average molecular weight is 273 g/mol. The molecule has 0 aromatic heterocycles. The third-order valence-corrected chi connectivity index (χ3v) is 4.77. The van der Waals surface area contributed by atoms with E-state index in [0.29, 0.717) is 0 Å². The fraction of sp³-hybridized carbons (Fsp3) is 0.500. The molecule has 1 fully saturated rings. The molecule has 2 N–H and O–H groups in total. The molecule has 106 valence electrons. The molecule has 4 heteroatoms. The van der Waals surface area contributed by atoms with E-state index < -0.39 is 23.2 Å². The van der Waals surface area contributed by atoms with E-state index in [0.717, 1.165) is 12.8 Å². The summed E-state index contributed by atoms with van der Waals surface area (Å²) in [4.78, 5) is 23.4. The molecule has 1 saturated carbocycles. The van der Waals surface area contributed by atoms with E-state index in [9.17, 15) is 9.59 Å². The van der Waals surface area contributed by atoms with Crippen molar-refractivity contribution < 1.29 is 14.7 Å². The van der Waals surface area contributed by atoms with E-state index in [4.69, 9.17) is 5.11 Å². The van der Waals surface area contributed by atoms with Crippen LogP contribution in [0.15, 0.2) is 24.3 Å². The molecule has 2 aliphatic carbocycles. The van der Waals surface area contributed by atoms with E-state index in [-0.39, 0.29) is 11.9 Å². The summed E-state index contributed by atoms with van der Waals surface area (Å²) in [6.45, 7) is 3.69. The van der Waals surface area contributed by atoms with Gasteiger partial charge in [0.15, 0.2) is 0 Å². The summed E-state index contributed by atoms with van der Waals surface area (Å²) in [7, 11) is 0. The molecule has 3 rings (SSSR count). The zero-order valence-electron chi connectivity index (χ0n) is 11.7. The maximum Gasteiger partial charge on any atom is 0.307 e. The number of hydrogen-bond acceptors (Lipinski definition) is 2. The number of hydrogen-bond donors (Lipinski definition) is 2. The zero-order chi connectivity index (χ0) is 14.5. The van der Waals surface area contributed by atoms with E-state index in [1.54, 1.807) is 0 Å². The van der Waals surface area contributed by atoms with Gasteiger partial charge in [-0.05, 0) is 29.4 Å². The van der Waals surface area contributed by atoms with Crippen molar-refractivity contribution in [1.29, 1.82) is 0 Å². The molecule has 4 nitrogen and oxygen atoms in total. The Labute approximate surface area is 118 Å². The Morgan fingerprint density at radius 3 is 2.15 bits per heavy atom. The first-order valence-corrected chi connectivity index (χ1v) is 7.01. The number of fused-ring (bicyclic) bond motifs is 1. The molecule has 0 bridgehead atoms. The van der Waals surface area contributed by atoms with Gasteiger partial charge in [0, 0.05) is 6.04 Å². The van der Waals surface area contributed by atoms with Gasteiger partial charge < -0.3 is 10.4 Å². The highest BCUT2D eigenvalue weighted by Crippen LogP contribution is 2.58. The fourth-order valence-electron chi connectivity index (χ4n) is 3.54. The van der Waals surface area contributed by atoms with Crippen molar-refractivity contribution in [3.63, 3.8) is 0 Å². The highest BCUT2D eigenvalue weighted by molar-refractivity contribution is 5.91. The van der Waals surface area contributed by atoms with Crippen LogP contribution in [-0.4, -0.2) is 23.0 Å². The largest absolute Gasteiger partial charge is 0.481 e. The second-order valence-electron chi connectivity index (χ2n) is 6.50. The van der Waals surface area contributed by atoms with Gasteiger partial charge in [-0.2, -0.15) is 0 Å². The second-order valence-corrected chi connectivity index (χ2v) is 6.50. The van der Waals surface area contributed by atoms with Crippen LogP contribution in [0.5, 0.6) is 0 Å². The molecule has 0 unspecified atom stereocenters. The van der Waals surface area contributed by atoms with Gasteiger partial charge in [-0.15, -0.1) is 0 Å². The Hall–Kier alpha value is -1.84. The maximum absolute atomic E-state index is 12.3. The van der Waals surface area contributed by atoms with Crippen LogP contribution < -0.4 is 5.32 Å². The Morgan fingerprint density at radius 1 is 1.15 bits per heavy atom. The Morgan fingerprint density at radius 2 is 1.70 bits per heavy atom. The zero-order valence-corrected chi connectivity index (χ0v) is 11.7. The van der Waals surface area contributed by atoms with Gasteiger partial charge in [-0.1, -0.05) is 38.1 Å². The first-order chi connectivity index (χ1) is 9.41. The number of aliphatic carboxylic acids is 1. The summed E-state index contributed by atoms with van der Waals surface area (Å²) in [5, 5.41) is 12.2. The van der Waals surface area contributed by atoms with Crippen molar-refractivity contribution >= 4 is 11.9 Å². The first kappa shape index (κ1) is 13.2. The molecule has 0 heterocycles. The van der Waals surface area contributed by atoms with Gasteiger partial charge in [0.1, 0.15) is 0 Å². The lowest BCUT2D eigenvalue weighted by atomic mass is 10.1. The summed E-state index contributed by atoms with van der Waals surface area (Å²) >= 11 is 0. The van der Waals surface area contributed by atoms with Crippen molar-refractivity contribution in [3.05, 3.63) is 35.4 Å². The van der Waals surface area contributed by atoms with Crippen LogP contribution >= 0.6 is 0 Å². The number of benzene rings is 1. The summed E-state index contributed by atoms with van der Waals surface area (Å²) in [5.41, 5.74) is 2.13. The molecule has 0 saturated heterocycles. The normalized spacial score (nSPS) is 26.9. The van der Waals surface area contributed by atoms with Crippen molar-refractivity contribution in [2.24, 2.45) is 17.3 Å². The fourth-order valence-corrected chi connectivity index (χ4v) is 3.54. The quantitative estimate of drug-likeness (QED) is 0.879. The minimum atomic E-state index is -0.871. The van der Waals surface area contributed by atoms with Crippen LogP contribution in [0.4, 0.5) is 0 Å². The van der Waals surface area contributed by atoms with Crippen LogP contribution in [0, 0.1) is 17.3 Å². The van der Waals surface area contributed by atoms with E-state index >= 15 is 0 Å². The highest BCUT2D eigenvalue weighted by atomic mass is 16.4. The maximum atomic E-state index is 12.3. The number of carboxylic acid groups (broad SMARTS) is 1. The molecular formula is C16H19NO3. The van der Waals surface area contributed by atoms with Gasteiger partial charge in [0.25, 0.3) is 0 Å². The van der Waals surface area contributed by atoms with E-state index in [2.05, 4.69) is 17.4 Å². The summed E-state index contributed by atoms with van der Waals surface area (Å²) in [6.07, 6.45) is 1.68. The van der Waals surface area contributed by atoms with Crippen molar-refractivity contribution in [3.8, 4) is 0 Å². The number of rotatable bonds is 3. The molecule has 2 aliphatic rings. The molecule has 2 atom stereocenters. The van der Waals surface area contributed by atoms with Crippen LogP contribution in [0.1, 0.15) is 25.0 Å². The van der Waals surface area contributed by atoms with E-state index in [1.807, 2.05) is 26.0 Å². The van der Waals surface area contributed by atoms with Crippen LogP contribution in [0.25, 0.3) is 0 Å². The van der Waals surface area contributed by atoms with Crippen LogP contribution in [0.2, 0.25) is 0 Å². The minimum Gasteiger partial charge on any atom is -0.481 e. The average Bonchev–Trinajstić information content (AvgIpc) is 2.76. The third kappa shape index (κ3) is 1.99. The predicted molar refractivity (Wildman–Crippen MR) is 74.2 cm³/mol. The van der Waals surface area contributed by atoms with Crippen LogP contribution in [0.3, 0.4) is 0 Å². The molecule has 1 aromatic rings. The number of carbonyl (C=O) groups is 2. The summed E-state index contributed by atoms with van der Waals surface area (Å²) in [5.74, 6) is -1.93. The third-order valence-electron chi connectivity index (χ3n) is 4.77. The molecule has 0 radical (unpaired) electrons. The minimum absolute atomic E-state index is 0.103. The van der Waals surface area contributed by atoms with Crippen molar-refractivity contribution in [1.82, 2.24) is 5.32 Å². The van der Waals surface area contributed by atoms with Gasteiger partial charge >= 0.3 is 5.97 Å². The monoisotopic (exact) mass is 273 g/mol. The lowest BCUT2D eigenvalue weighted by Crippen LogP contribution is -2.37. The standard InChI is InChI=1S/C16H19NO3/c1-16(2)12(13(16)15(19)20)14(18)17-11-7-9-5-3-4-6-10(9)8-11/h3-6,11-13H,7-8H2,1-2H3,(H,17,18)(H,19,20)/t12-,13+/m1/s1. The number of carboxylic acids is 1. The Balaban J connectivity index is 1.64. The molecule has 20 heavy (non-hydrogen) atoms. The number of carbonyl (C=O) groups excluding carboxylic acids is 1. The van der Waals surface area contributed by atoms with Crippen LogP contribution in [-0.2, 0) is 22.4 Å². The number of amides is 1. The SMILES string of the molecule is CC1(C)[C@H](C(=O)O)[C@@H]1C(=O)NC1Cc2ccccc2C1. The molecule has 1 aromatic carbocycles. The molecule has 0 aliphatic heterocycles. The topological polar surface area (TPSA) is 66.4 Å². The lowest BCUT2D eigenvalue weighted by molar-refractivity contribution is -0.140. The summed E-state index contributed by atoms with van der Waals surface area (Å²) < 4.78 is 0. The Kier molecular flexibility index (Phi) is 2.85. The molecule has 1 amide bonds. The molecule has 0 spiro atoms. The predicted octanol–water partition coefficient (Wildman–Crippen LogP) is 1.63. The second kappa shape index (κ2) is 4.33. The Bertz CT molecular complexity index is 554. The van der Waals surface area contributed by atoms with E-state index in [1.165, 1.54) is 11.1 Å². The lowest BCUT2D eigenvalue weighted by Gasteiger charge is -2.12. The smallest absolute Gasteiger partial charge is 0.307 e. The highest BCUT2D eigenvalue weighted by Gasteiger charge is 2.66. The first-order valence-electron chi connectivity index (χ1n) is 7.01. The molecular weight excluding hydrogens is 254 g/mol. The summed E-state index contributed by atoms with van der Waals surface area (Å²) in [6, 6.07) is 8.29. The van der Waals surface area contributed by atoms with Gasteiger partial charge in [0.2, 0.25) is 5.91 Å². The van der Waals surface area contributed by atoms with Crippen molar-refractivity contribution in [2.75, 3.05) is 0 Å². The van der Waals surface area contributed by atoms with Gasteiger partial charge in [0.05, 0.1) is 11.8 Å². The number of nitrogens with one attached hydrogen (secondary N) is 1. The van der Waals surface area contributed by atoms with Crippen molar-refractivity contribution in [2.45, 2.75) is 32.7 Å². The van der Waals surface area contributed by atoms with Gasteiger partial charge in [-0.25, -0.2) is 0 Å².